The zero-order valence-electron chi connectivity index (χ0n) is 20.5. The summed E-state index contributed by atoms with van der Waals surface area (Å²) in [7, 11) is 3.04. The molecule has 4 aromatic rings. The first-order valence-corrected chi connectivity index (χ1v) is 11.9. The standard InChI is InChI=1S/C29H24ClNO6/c1-5-12-36-23-10-7-17(14-24(23)35-4)26-25-27(32)19-13-16(2)6-9-21(19)37-28(25)29(33)31(26)18-8-11-22(34-3)20(30)15-18/h5-11,13-15,26H,1,12H2,2-4H3. The molecular formula is C29H24ClNO6. The number of rotatable bonds is 7. The molecule has 2 heterocycles. The van der Waals surface area contributed by atoms with Gasteiger partial charge in [-0.15, -0.1) is 0 Å². The molecule has 0 N–H and O–H groups in total. The van der Waals surface area contributed by atoms with Crippen LogP contribution in [0.15, 0.2) is 76.5 Å². The molecule has 0 aliphatic carbocycles. The molecule has 0 radical (unpaired) electrons. The van der Waals surface area contributed by atoms with Crippen molar-refractivity contribution < 1.29 is 23.4 Å². The lowest BCUT2D eigenvalue weighted by Crippen LogP contribution is -2.29. The van der Waals surface area contributed by atoms with Gasteiger partial charge in [0, 0.05) is 5.69 Å². The summed E-state index contributed by atoms with van der Waals surface area (Å²) in [4.78, 5) is 29.2. The van der Waals surface area contributed by atoms with Crippen LogP contribution < -0.4 is 24.5 Å². The maximum atomic E-state index is 13.9. The lowest BCUT2D eigenvalue weighted by atomic mass is 9.97. The van der Waals surface area contributed by atoms with Gasteiger partial charge in [0.2, 0.25) is 5.76 Å². The van der Waals surface area contributed by atoms with Gasteiger partial charge < -0.3 is 18.6 Å². The molecule has 0 saturated carbocycles. The molecule has 5 rings (SSSR count). The van der Waals surface area contributed by atoms with E-state index in [-0.39, 0.29) is 16.8 Å². The highest BCUT2D eigenvalue weighted by Gasteiger charge is 2.44. The zero-order chi connectivity index (χ0) is 26.3. The first-order chi connectivity index (χ1) is 17.9. The molecule has 0 spiro atoms. The van der Waals surface area contributed by atoms with Gasteiger partial charge in [-0.25, -0.2) is 0 Å². The van der Waals surface area contributed by atoms with Gasteiger partial charge in [0.1, 0.15) is 17.9 Å². The number of hydrogen-bond donors (Lipinski definition) is 0. The predicted molar refractivity (Wildman–Crippen MR) is 143 cm³/mol. The SMILES string of the molecule is C=CCOc1ccc(C2c3c(oc4ccc(C)cc4c3=O)C(=O)N2c2ccc(OC)c(Cl)c2)cc1OC. The molecule has 1 aromatic heterocycles. The van der Waals surface area contributed by atoms with E-state index in [1.54, 1.807) is 54.6 Å². The molecule has 0 bridgehead atoms. The fraction of sp³-hybridized carbons (Fsp3) is 0.172. The van der Waals surface area contributed by atoms with Crippen molar-refractivity contribution in [3.05, 3.63) is 105 Å². The minimum Gasteiger partial charge on any atom is -0.495 e. The van der Waals surface area contributed by atoms with Gasteiger partial charge in [0.05, 0.1) is 36.2 Å². The van der Waals surface area contributed by atoms with Gasteiger partial charge in [0.25, 0.3) is 5.91 Å². The van der Waals surface area contributed by atoms with Crippen LogP contribution in [0.4, 0.5) is 5.69 Å². The Morgan fingerprint density at radius 2 is 1.76 bits per heavy atom. The van der Waals surface area contributed by atoms with Gasteiger partial charge in [-0.2, -0.15) is 0 Å². The summed E-state index contributed by atoms with van der Waals surface area (Å²) >= 11 is 6.42. The number of anilines is 1. The van der Waals surface area contributed by atoms with Crippen molar-refractivity contribution in [3.63, 3.8) is 0 Å². The highest BCUT2D eigenvalue weighted by atomic mass is 35.5. The Hall–Kier alpha value is -4.23. The Balaban J connectivity index is 1.76. The Kier molecular flexibility index (Phi) is 6.39. The van der Waals surface area contributed by atoms with E-state index in [0.717, 1.165) is 5.56 Å². The topological polar surface area (TPSA) is 78.2 Å². The van der Waals surface area contributed by atoms with Crippen LogP contribution in [0.1, 0.15) is 33.3 Å². The molecular weight excluding hydrogens is 494 g/mol. The number of amides is 1. The maximum absolute atomic E-state index is 13.9. The summed E-state index contributed by atoms with van der Waals surface area (Å²) in [6.45, 7) is 5.87. The molecule has 1 amide bonds. The lowest BCUT2D eigenvalue weighted by molar-refractivity contribution is 0.0971. The minimum absolute atomic E-state index is 0.00996. The first-order valence-electron chi connectivity index (χ1n) is 11.5. The fourth-order valence-corrected chi connectivity index (χ4v) is 4.85. The molecule has 7 nitrogen and oxygen atoms in total. The van der Waals surface area contributed by atoms with E-state index in [9.17, 15) is 9.59 Å². The van der Waals surface area contributed by atoms with Crippen LogP contribution >= 0.6 is 11.6 Å². The molecule has 188 valence electrons. The van der Waals surface area contributed by atoms with Crippen LogP contribution in [0.5, 0.6) is 17.2 Å². The molecule has 8 heteroatoms. The van der Waals surface area contributed by atoms with Crippen molar-refractivity contribution in [2.75, 3.05) is 25.7 Å². The van der Waals surface area contributed by atoms with Gasteiger partial charge in [-0.05, 0) is 55.0 Å². The van der Waals surface area contributed by atoms with E-state index in [4.69, 9.17) is 30.2 Å². The number of hydrogen-bond acceptors (Lipinski definition) is 6. The van der Waals surface area contributed by atoms with Crippen LogP contribution in [-0.4, -0.2) is 26.7 Å². The number of nitrogens with zero attached hydrogens (tertiary/aromatic N) is 1. The van der Waals surface area contributed by atoms with Gasteiger partial charge in [-0.1, -0.05) is 42.0 Å². The van der Waals surface area contributed by atoms with Crippen molar-refractivity contribution in [1.82, 2.24) is 0 Å². The van der Waals surface area contributed by atoms with Crippen LogP contribution in [0.2, 0.25) is 5.02 Å². The first kappa shape index (κ1) is 24.5. The third-order valence-corrected chi connectivity index (χ3v) is 6.59. The van der Waals surface area contributed by atoms with E-state index >= 15 is 0 Å². The van der Waals surface area contributed by atoms with Crippen molar-refractivity contribution in [1.29, 1.82) is 0 Å². The third kappa shape index (κ3) is 4.11. The largest absolute Gasteiger partial charge is 0.495 e. The molecule has 0 fully saturated rings. The summed E-state index contributed by atoms with van der Waals surface area (Å²) in [5.41, 5.74) is 2.36. The number of ether oxygens (including phenoxy) is 3. The molecule has 37 heavy (non-hydrogen) atoms. The average Bonchev–Trinajstić information content (AvgIpc) is 3.20. The Labute approximate surface area is 218 Å². The van der Waals surface area contributed by atoms with Crippen molar-refractivity contribution in [2.45, 2.75) is 13.0 Å². The Bertz CT molecular complexity index is 1610. The molecule has 1 atom stereocenters. The minimum atomic E-state index is -0.796. The number of carbonyl (C=O) groups excluding carboxylic acids is 1. The Morgan fingerprint density at radius 3 is 2.46 bits per heavy atom. The second-order valence-corrected chi connectivity index (χ2v) is 8.99. The van der Waals surface area contributed by atoms with Gasteiger partial charge in [0.15, 0.2) is 16.9 Å². The quantitative estimate of drug-likeness (QED) is 0.276. The van der Waals surface area contributed by atoms with Gasteiger partial charge in [-0.3, -0.25) is 14.5 Å². The fourth-order valence-electron chi connectivity index (χ4n) is 4.60. The van der Waals surface area contributed by atoms with E-state index in [1.165, 1.54) is 19.1 Å². The van der Waals surface area contributed by atoms with Crippen molar-refractivity contribution in [2.24, 2.45) is 0 Å². The summed E-state index contributed by atoms with van der Waals surface area (Å²) < 4.78 is 22.6. The van der Waals surface area contributed by atoms with Crippen LogP contribution in [0, 0.1) is 6.92 Å². The summed E-state index contributed by atoms with van der Waals surface area (Å²) in [5.74, 6) is 0.966. The van der Waals surface area contributed by atoms with E-state index in [0.29, 0.717) is 51.1 Å². The molecule has 3 aromatic carbocycles. The molecule has 1 unspecified atom stereocenters. The number of methoxy groups -OCH3 is 2. The third-order valence-electron chi connectivity index (χ3n) is 6.30. The number of benzene rings is 3. The lowest BCUT2D eigenvalue weighted by Gasteiger charge is -2.26. The normalized spacial score (nSPS) is 14.5. The predicted octanol–water partition coefficient (Wildman–Crippen LogP) is 6.09. The van der Waals surface area contributed by atoms with Crippen LogP contribution in [0.25, 0.3) is 11.0 Å². The van der Waals surface area contributed by atoms with Crippen molar-refractivity contribution >= 4 is 34.2 Å². The van der Waals surface area contributed by atoms with E-state index in [2.05, 4.69) is 6.58 Å². The molecule has 1 aliphatic heterocycles. The number of fused-ring (bicyclic) bond motifs is 2. The van der Waals surface area contributed by atoms with Gasteiger partial charge >= 0.3 is 0 Å². The molecule has 0 saturated heterocycles. The highest BCUT2D eigenvalue weighted by molar-refractivity contribution is 6.32. The second kappa shape index (κ2) is 9.67. The number of aryl methyl sites for hydroxylation is 1. The van der Waals surface area contributed by atoms with Crippen molar-refractivity contribution in [3.8, 4) is 17.2 Å². The van der Waals surface area contributed by atoms with E-state index < -0.39 is 11.9 Å². The van der Waals surface area contributed by atoms with Crippen LogP contribution in [-0.2, 0) is 0 Å². The average molecular weight is 518 g/mol. The summed E-state index contributed by atoms with van der Waals surface area (Å²) in [6.07, 6.45) is 1.63. The Morgan fingerprint density at radius 1 is 1.00 bits per heavy atom. The van der Waals surface area contributed by atoms with E-state index in [1.807, 2.05) is 13.0 Å². The monoisotopic (exact) mass is 517 g/mol. The zero-order valence-corrected chi connectivity index (χ0v) is 21.3. The van der Waals surface area contributed by atoms with Crippen LogP contribution in [0.3, 0.4) is 0 Å². The number of carbonyl (C=O) groups is 1. The highest BCUT2D eigenvalue weighted by Crippen LogP contribution is 2.44. The summed E-state index contributed by atoms with van der Waals surface area (Å²) in [6, 6.07) is 14.8. The molecule has 1 aliphatic rings. The second-order valence-electron chi connectivity index (χ2n) is 8.58. The summed E-state index contributed by atoms with van der Waals surface area (Å²) in [5, 5.41) is 0.734. The number of halogens is 1. The smallest absolute Gasteiger partial charge is 0.295 e. The maximum Gasteiger partial charge on any atom is 0.295 e.